The van der Waals surface area contributed by atoms with E-state index in [1.54, 1.807) is 12.1 Å². The molecular weight excluding hydrogens is 219 g/mol. The summed E-state index contributed by atoms with van der Waals surface area (Å²) in [7, 11) is 0. The first-order valence-electron chi connectivity index (χ1n) is 5.25. The van der Waals surface area contributed by atoms with Crippen LogP contribution in [0.3, 0.4) is 0 Å². The molecule has 2 rings (SSSR count). The molecule has 1 unspecified atom stereocenters. The van der Waals surface area contributed by atoms with Gasteiger partial charge in [0.05, 0.1) is 12.5 Å². The third-order valence-corrected chi connectivity index (χ3v) is 2.40. The normalized spacial score (nSPS) is 12.1. The number of benzene rings is 1. The number of halogens is 1. The third kappa shape index (κ3) is 2.31. The molecule has 0 saturated heterocycles. The van der Waals surface area contributed by atoms with Crippen LogP contribution in [0.15, 0.2) is 24.5 Å². The Bertz CT molecular complexity index is 576. The van der Waals surface area contributed by atoms with E-state index < -0.39 is 0 Å². The molecule has 0 aliphatic rings. The minimum atomic E-state index is -0.374. The fraction of sp³-hybridized carbons (Fsp3) is 0.250. The number of hydrogen-bond donors (Lipinski definition) is 1. The van der Waals surface area contributed by atoms with Crippen LogP contribution in [0, 0.1) is 17.1 Å². The molecule has 1 N–H and O–H groups in total. The molecule has 4 nitrogen and oxygen atoms in total. The molecule has 0 aliphatic heterocycles. The summed E-state index contributed by atoms with van der Waals surface area (Å²) in [6, 6.07) is 6.75. The topological polar surface area (TPSA) is 61.6 Å². The number of nitrogens with zero attached hydrogens (tertiary/aromatic N) is 3. The van der Waals surface area contributed by atoms with Crippen LogP contribution in [0.1, 0.15) is 13.3 Å². The fourth-order valence-electron chi connectivity index (χ4n) is 1.59. The Hall–Kier alpha value is -2.22. The van der Waals surface area contributed by atoms with Crippen molar-refractivity contribution in [1.29, 1.82) is 5.26 Å². The molecule has 0 radical (unpaired) electrons. The molecule has 0 aliphatic carbocycles. The lowest BCUT2D eigenvalue weighted by Gasteiger charge is -2.12. The minimum Gasteiger partial charge on any atom is -0.366 e. The minimum absolute atomic E-state index is 0.0404. The van der Waals surface area contributed by atoms with Crippen molar-refractivity contribution in [2.45, 2.75) is 19.4 Å². The summed E-state index contributed by atoms with van der Waals surface area (Å²) < 4.78 is 13.5. The maximum atomic E-state index is 13.5. The molecule has 5 heteroatoms. The van der Waals surface area contributed by atoms with E-state index in [-0.39, 0.29) is 17.4 Å². The predicted molar refractivity (Wildman–Crippen MR) is 62.8 cm³/mol. The number of nitriles is 1. The van der Waals surface area contributed by atoms with E-state index in [2.05, 4.69) is 21.4 Å². The molecule has 0 saturated carbocycles. The summed E-state index contributed by atoms with van der Waals surface area (Å²) in [5, 5.41) is 12.3. The third-order valence-electron chi connectivity index (χ3n) is 2.40. The number of nitrogens with one attached hydrogen (secondary N) is 1. The summed E-state index contributed by atoms with van der Waals surface area (Å²) in [5.41, 5.74) is 0.286. The highest BCUT2D eigenvalue weighted by molar-refractivity contribution is 5.89. The first kappa shape index (κ1) is 11.3. The van der Waals surface area contributed by atoms with Gasteiger partial charge < -0.3 is 5.32 Å². The van der Waals surface area contributed by atoms with E-state index in [1.807, 2.05) is 6.92 Å². The van der Waals surface area contributed by atoms with Gasteiger partial charge >= 0.3 is 0 Å². The van der Waals surface area contributed by atoms with Gasteiger partial charge in [-0.1, -0.05) is 6.07 Å². The van der Waals surface area contributed by atoms with Crippen LogP contribution in [0.2, 0.25) is 0 Å². The monoisotopic (exact) mass is 230 g/mol. The Morgan fingerprint density at radius 3 is 3.06 bits per heavy atom. The van der Waals surface area contributed by atoms with Crippen molar-refractivity contribution in [2.75, 3.05) is 5.32 Å². The van der Waals surface area contributed by atoms with Crippen molar-refractivity contribution in [1.82, 2.24) is 9.97 Å². The van der Waals surface area contributed by atoms with Crippen molar-refractivity contribution in [3.63, 3.8) is 0 Å². The lowest BCUT2D eigenvalue weighted by molar-refractivity contribution is 0.636. The van der Waals surface area contributed by atoms with Gasteiger partial charge in [0.25, 0.3) is 0 Å². The van der Waals surface area contributed by atoms with Gasteiger partial charge in [0.2, 0.25) is 0 Å². The smallest absolute Gasteiger partial charge is 0.149 e. The molecule has 1 heterocycles. The number of para-hydroxylation sites is 1. The van der Waals surface area contributed by atoms with Crippen LogP contribution >= 0.6 is 0 Å². The van der Waals surface area contributed by atoms with E-state index in [0.717, 1.165) is 0 Å². The second-order valence-electron chi connectivity index (χ2n) is 3.77. The molecule has 1 aromatic heterocycles. The lowest BCUT2D eigenvalue weighted by Crippen LogP contribution is -2.15. The van der Waals surface area contributed by atoms with Crippen molar-refractivity contribution >= 4 is 16.7 Å². The molecule has 0 spiro atoms. The predicted octanol–water partition coefficient (Wildman–Crippen LogP) is 2.48. The molecule has 86 valence electrons. The maximum absolute atomic E-state index is 13.5. The molecule has 2 aromatic rings. The number of hydrogen-bond acceptors (Lipinski definition) is 4. The average Bonchev–Trinajstić information content (AvgIpc) is 2.31. The van der Waals surface area contributed by atoms with Crippen LogP contribution in [0.25, 0.3) is 10.9 Å². The highest BCUT2D eigenvalue weighted by Crippen LogP contribution is 2.21. The zero-order chi connectivity index (χ0) is 12.3. The second kappa shape index (κ2) is 4.74. The lowest BCUT2D eigenvalue weighted by atomic mass is 10.2. The Balaban J connectivity index is 2.42. The summed E-state index contributed by atoms with van der Waals surface area (Å²) in [6.07, 6.45) is 1.67. The van der Waals surface area contributed by atoms with Gasteiger partial charge in [-0.3, -0.25) is 0 Å². The Morgan fingerprint density at radius 2 is 2.29 bits per heavy atom. The van der Waals surface area contributed by atoms with E-state index in [1.165, 1.54) is 12.4 Å². The summed E-state index contributed by atoms with van der Waals surface area (Å²) >= 11 is 0. The van der Waals surface area contributed by atoms with Gasteiger partial charge in [0.15, 0.2) is 0 Å². The summed E-state index contributed by atoms with van der Waals surface area (Å²) in [4.78, 5) is 7.98. The van der Waals surface area contributed by atoms with Crippen LogP contribution in [0.5, 0.6) is 0 Å². The fourth-order valence-corrected chi connectivity index (χ4v) is 1.59. The second-order valence-corrected chi connectivity index (χ2v) is 3.77. The van der Waals surface area contributed by atoms with Crippen LogP contribution in [-0.4, -0.2) is 16.0 Å². The van der Waals surface area contributed by atoms with Crippen molar-refractivity contribution in [3.05, 3.63) is 30.3 Å². The Labute approximate surface area is 98.1 Å². The summed E-state index contributed by atoms with van der Waals surface area (Å²) in [6.45, 7) is 1.87. The van der Waals surface area contributed by atoms with Gasteiger partial charge in [-0.2, -0.15) is 5.26 Å². The van der Waals surface area contributed by atoms with Crippen LogP contribution < -0.4 is 5.32 Å². The highest BCUT2D eigenvalue weighted by atomic mass is 19.1. The molecular formula is C12H11FN4. The molecule has 17 heavy (non-hydrogen) atoms. The van der Waals surface area contributed by atoms with Gasteiger partial charge in [-0.15, -0.1) is 0 Å². The van der Waals surface area contributed by atoms with E-state index in [0.29, 0.717) is 17.6 Å². The quantitative estimate of drug-likeness (QED) is 0.879. The van der Waals surface area contributed by atoms with Gasteiger partial charge in [-0.05, 0) is 19.1 Å². The van der Waals surface area contributed by atoms with Crippen molar-refractivity contribution in [3.8, 4) is 6.07 Å². The van der Waals surface area contributed by atoms with Gasteiger partial charge in [-0.25, -0.2) is 14.4 Å². The number of aromatic nitrogens is 2. The average molecular weight is 230 g/mol. The maximum Gasteiger partial charge on any atom is 0.149 e. The molecule has 0 fully saturated rings. The SMILES string of the molecule is CC(CC#N)Nc1ncnc2c(F)cccc12. The zero-order valence-electron chi connectivity index (χ0n) is 9.31. The van der Waals surface area contributed by atoms with Gasteiger partial charge in [0, 0.05) is 11.4 Å². The van der Waals surface area contributed by atoms with E-state index in [4.69, 9.17) is 5.26 Å². The van der Waals surface area contributed by atoms with Crippen LogP contribution in [0.4, 0.5) is 10.2 Å². The molecule has 0 bridgehead atoms. The first-order valence-corrected chi connectivity index (χ1v) is 5.25. The largest absolute Gasteiger partial charge is 0.366 e. The van der Waals surface area contributed by atoms with Crippen LogP contribution in [-0.2, 0) is 0 Å². The Kier molecular flexibility index (Phi) is 3.15. The Morgan fingerprint density at radius 1 is 1.47 bits per heavy atom. The first-order chi connectivity index (χ1) is 8.22. The summed E-state index contributed by atoms with van der Waals surface area (Å²) in [5.74, 6) is 0.179. The standard InChI is InChI=1S/C12H11FN4/c1-8(5-6-14)17-12-9-3-2-4-10(13)11(9)15-7-16-12/h2-4,7-8H,5H2,1H3,(H,15,16,17). The van der Waals surface area contributed by atoms with E-state index >= 15 is 0 Å². The number of rotatable bonds is 3. The zero-order valence-corrected chi connectivity index (χ0v) is 9.31. The van der Waals surface area contributed by atoms with Crippen molar-refractivity contribution in [2.24, 2.45) is 0 Å². The van der Waals surface area contributed by atoms with E-state index in [9.17, 15) is 4.39 Å². The highest BCUT2D eigenvalue weighted by Gasteiger charge is 2.09. The molecule has 1 aromatic carbocycles. The van der Waals surface area contributed by atoms with Gasteiger partial charge in [0.1, 0.15) is 23.5 Å². The molecule has 0 amide bonds. The molecule has 1 atom stereocenters. The number of fused-ring (bicyclic) bond motifs is 1. The number of anilines is 1. The van der Waals surface area contributed by atoms with Crippen molar-refractivity contribution < 1.29 is 4.39 Å².